The minimum Gasteiger partial charge on any atom is -0.377 e. The second-order valence-electron chi connectivity index (χ2n) is 8.41. The van der Waals surface area contributed by atoms with Crippen LogP contribution in [0, 0.1) is 5.92 Å². The van der Waals surface area contributed by atoms with E-state index in [1.165, 1.54) is 16.8 Å². The molecule has 2 aliphatic rings. The standard InChI is InChI=1S/C26H29N3O/c1-5-21-20-15-18(2)17-26(21,22-12-13-25(30)28-23(22)16-20)27-14-8-10-19-9-6-7-11-24(19)29(3)4/h5-15,20H,16-17H2,1-4H3,(H,28,30)/t20-,26+/m0/s1. The molecule has 1 heterocycles. The number of H-pyrrole nitrogens is 1. The van der Waals surface area contributed by atoms with Gasteiger partial charge < -0.3 is 9.88 Å². The van der Waals surface area contributed by atoms with Crippen molar-refractivity contribution in [2.24, 2.45) is 10.9 Å². The van der Waals surface area contributed by atoms with Crippen LogP contribution in [0.4, 0.5) is 5.69 Å². The van der Waals surface area contributed by atoms with Crippen molar-refractivity contribution in [1.82, 2.24) is 4.98 Å². The van der Waals surface area contributed by atoms with Gasteiger partial charge in [0, 0.05) is 55.7 Å². The van der Waals surface area contributed by atoms with E-state index in [0.717, 1.165) is 29.7 Å². The van der Waals surface area contributed by atoms with Crippen LogP contribution in [-0.2, 0) is 12.0 Å². The fourth-order valence-corrected chi connectivity index (χ4v) is 5.01. The van der Waals surface area contributed by atoms with Crippen LogP contribution in [0.5, 0.6) is 0 Å². The van der Waals surface area contributed by atoms with Crippen molar-refractivity contribution in [3.05, 3.63) is 92.9 Å². The molecule has 1 N–H and O–H groups in total. The topological polar surface area (TPSA) is 48.5 Å². The molecule has 4 heteroatoms. The molecule has 1 aromatic carbocycles. The Kier molecular flexibility index (Phi) is 5.33. The number of nitrogens with zero attached hydrogens (tertiary/aromatic N) is 2. The Balaban J connectivity index is 1.76. The van der Waals surface area contributed by atoms with E-state index >= 15 is 0 Å². The molecule has 4 rings (SSSR count). The number of aromatic amines is 1. The molecule has 0 radical (unpaired) electrons. The third kappa shape index (κ3) is 3.47. The first kappa shape index (κ1) is 20.1. The van der Waals surface area contributed by atoms with Crippen LogP contribution >= 0.6 is 0 Å². The SMILES string of the molecule is CC=C1[C@H]2C=C(C)C[C@]1(N=CC=Cc1ccccc1N(C)C)c1ccc(=O)[nH]c1C2. The van der Waals surface area contributed by atoms with E-state index in [1.807, 2.05) is 24.4 Å². The van der Waals surface area contributed by atoms with Gasteiger partial charge in [0.2, 0.25) is 5.56 Å². The summed E-state index contributed by atoms with van der Waals surface area (Å²) in [6.45, 7) is 4.28. The highest BCUT2D eigenvalue weighted by Gasteiger charge is 2.46. The van der Waals surface area contributed by atoms with Crippen LogP contribution in [0.2, 0.25) is 0 Å². The van der Waals surface area contributed by atoms with Crippen LogP contribution in [0.25, 0.3) is 6.08 Å². The predicted molar refractivity (Wildman–Crippen MR) is 126 cm³/mol. The molecule has 1 aromatic heterocycles. The minimum atomic E-state index is -0.443. The largest absolute Gasteiger partial charge is 0.377 e. The van der Waals surface area contributed by atoms with E-state index in [1.54, 1.807) is 6.07 Å². The molecule has 154 valence electrons. The fourth-order valence-electron chi connectivity index (χ4n) is 5.01. The Morgan fingerprint density at radius 1 is 1.20 bits per heavy atom. The first-order chi connectivity index (χ1) is 14.4. The number of nitrogens with one attached hydrogen (secondary N) is 1. The maximum atomic E-state index is 11.9. The first-order valence-corrected chi connectivity index (χ1v) is 10.5. The molecule has 0 saturated carbocycles. The smallest absolute Gasteiger partial charge is 0.248 e. The number of anilines is 1. The van der Waals surface area contributed by atoms with Gasteiger partial charge in [-0.05, 0) is 49.6 Å². The lowest BCUT2D eigenvalue weighted by atomic mass is 9.63. The normalized spacial score (nSPS) is 24.3. The maximum Gasteiger partial charge on any atom is 0.248 e. The predicted octanol–water partition coefficient (Wildman–Crippen LogP) is 4.89. The highest BCUT2D eigenvalue weighted by Crippen LogP contribution is 2.51. The van der Waals surface area contributed by atoms with Gasteiger partial charge in [0.05, 0.1) is 0 Å². The Hall–Kier alpha value is -3.14. The molecule has 2 atom stereocenters. The van der Waals surface area contributed by atoms with Gasteiger partial charge in [-0.2, -0.15) is 0 Å². The van der Waals surface area contributed by atoms with Crippen LogP contribution in [-0.4, -0.2) is 25.3 Å². The lowest BCUT2D eigenvalue weighted by molar-refractivity contribution is 0.413. The van der Waals surface area contributed by atoms with Crippen LogP contribution < -0.4 is 10.5 Å². The van der Waals surface area contributed by atoms with E-state index in [4.69, 9.17) is 4.99 Å². The highest BCUT2D eigenvalue weighted by atomic mass is 16.1. The molecule has 0 saturated heterocycles. The fraction of sp³-hybridized carbons (Fsp3) is 0.308. The molecule has 0 spiro atoms. The zero-order valence-corrected chi connectivity index (χ0v) is 18.1. The second-order valence-corrected chi connectivity index (χ2v) is 8.41. The Labute approximate surface area is 178 Å². The van der Waals surface area contributed by atoms with Crippen LogP contribution in [0.1, 0.15) is 37.1 Å². The zero-order valence-electron chi connectivity index (χ0n) is 18.1. The number of pyridine rings is 1. The zero-order chi connectivity index (χ0) is 21.3. The van der Waals surface area contributed by atoms with Crippen molar-refractivity contribution in [3.63, 3.8) is 0 Å². The molecule has 0 amide bonds. The van der Waals surface area contributed by atoms with Gasteiger partial charge in [0.1, 0.15) is 5.54 Å². The first-order valence-electron chi connectivity index (χ1n) is 10.5. The summed E-state index contributed by atoms with van der Waals surface area (Å²) < 4.78 is 0. The number of allylic oxidation sites excluding steroid dienone is 3. The summed E-state index contributed by atoms with van der Waals surface area (Å²) in [5.74, 6) is 0.282. The summed E-state index contributed by atoms with van der Waals surface area (Å²) >= 11 is 0. The number of rotatable bonds is 4. The molecule has 2 bridgehead atoms. The summed E-state index contributed by atoms with van der Waals surface area (Å²) in [6.07, 6.45) is 12.3. The van der Waals surface area contributed by atoms with Gasteiger partial charge in [-0.15, -0.1) is 0 Å². The number of aromatic nitrogens is 1. The van der Waals surface area contributed by atoms with Gasteiger partial charge in [0.25, 0.3) is 0 Å². The summed E-state index contributed by atoms with van der Waals surface area (Å²) in [6, 6.07) is 11.9. The van der Waals surface area contributed by atoms with Gasteiger partial charge >= 0.3 is 0 Å². The Morgan fingerprint density at radius 3 is 2.77 bits per heavy atom. The van der Waals surface area contributed by atoms with Crippen molar-refractivity contribution in [2.75, 3.05) is 19.0 Å². The van der Waals surface area contributed by atoms with Gasteiger partial charge in [0.15, 0.2) is 0 Å². The Morgan fingerprint density at radius 2 is 2.00 bits per heavy atom. The lowest BCUT2D eigenvalue weighted by Crippen LogP contribution is -2.40. The van der Waals surface area contributed by atoms with Gasteiger partial charge in [-0.1, -0.05) is 42.0 Å². The monoisotopic (exact) mass is 399 g/mol. The molecule has 4 nitrogen and oxygen atoms in total. The van der Waals surface area contributed by atoms with Crippen molar-refractivity contribution in [1.29, 1.82) is 0 Å². The Bertz CT molecular complexity index is 1130. The van der Waals surface area contributed by atoms with Crippen LogP contribution in [0.3, 0.4) is 0 Å². The minimum absolute atomic E-state index is 0.0456. The molecule has 0 unspecified atom stereocenters. The lowest BCUT2D eigenvalue weighted by Gasteiger charge is -2.45. The summed E-state index contributed by atoms with van der Waals surface area (Å²) in [5.41, 5.74) is 6.65. The summed E-state index contributed by atoms with van der Waals surface area (Å²) in [7, 11) is 4.10. The number of hydrogen-bond acceptors (Lipinski definition) is 3. The average molecular weight is 400 g/mol. The number of hydrogen-bond donors (Lipinski definition) is 1. The number of aliphatic imine (C=N–C) groups is 1. The molecule has 2 aromatic rings. The number of benzene rings is 1. The molecule has 30 heavy (non-hydrogen) atoms. The van der Waals surface area contributed by atoms with Crippen molar-refractivity contribution < 1.29 is 0 Å². The van der Waals surface area contributed by atoms with E-state index in [0.29, 0.717) is 0 Å². The third-order valence-corrected chi connectivity index (χ3v) is 6.15. The number of para-hydroxylation sites is 1. The van der Waals surface area contributed by atoms with Crippen LogP contribution in [0.15, 0.2) is 75.6 Å². The van der Waals surface area contributed by atoms with E-state index in [-0.39, 0.29) is 11.5 Å². The number of fused-ring (bicyclic) bond motifs is 4. The van der Waals surface area contributed by atoms with Gasteiger partial charge in [-0.25, -0.2) is 0 Å². The molecule has 0 aliphatic heterocycles. The molecular weight excluding hydrogens is 370 g/mol. The van der Waals surface area contributed by atoms with E-state index < -0.39 is 5.54 Å². The van der Waals surface area contributed by atoms with E-state index in [2.05, 4.69) is 74.3 Å². The molecule has 2 aliphatic carbocycles. The van der Waals surface area contributed by atoms with Crippen molar-refractivity contribution in [2.45, 2.75) is 32.2 Å². The van der Waals surface area contributed by atoms with Gasteiger partial charge in [-0.3, -0.25) is 9.79 Å². The quantitative estimate of drug-likeness (QED) is 0.588. The summed E-state index contributed by atoms with van der Waals surface area (Å²) in [4.78, 5) is 22.3. The average Bonchev–Trinajstić information content (AvgIpc) is 2.70. The van der Waals surface area contributed by atoms with E-state index in [9.17, 15) is 4.79 Å². The maximum absolute atomic E-state index is 11.9. The second kappa shape index (κ2) is 7.94. The third-order valence-electron chi connectivity index (χ3n) is 6.15. The molecular formula is C26H29N3O. The van der Waals surface area contributed by atoms with Crippen molar-refractivity contribution in [3.8, 4) is 0 Å². The summed E-state index contributed by atoms with van der Waals surface area (Å²) in [5, 5.41) is 0. The highest BCUT2D eigenvalue weighted by molar-refractivity contribution is 5.82. The van der Waals surface area contributed by atoms with Crippen molar-refractivity contribution >= 4 is 18.0 Å². The molecule has 0 fully saturated rings.